The summed E-state index contributed by atoms with van der Waals surface area (Å²) in [5.74, 6) is 0.0642. The minimum atomic E-state index is 0.0642. The molecule has 0 atom stereocenters. The maximum Gasteiger partial charge on any atom is 0.234 e. The molecule has 0 saturated heterocycles. The number of amides is 1. The Morgan fingerprint density at radius 3 is 3.00 bits per heavy atom. The van der Waals surface area contributed by atoms with Gasteiger partial charge < -0.3 is 9.72 Å². The molecule has 0 unspecified atom stereocenters. The molecule has 1 amide bonds. The molecule has 5 nitrogen and oxygen atoms in total. The third-order valence-electron chi connectivity index (χ3n) is 3.15. The number of rotatable bonds is 6. The van der Waals surface area contributed by atoms with Crippen LogP contribution < -0.4 is 5.32 Å². The van der Waals surface area contributed by atoms with Crippen molar-refractivity contribution in [2.45, 2.75) is 26.8 Å². The van der Waals surface area contributed by atoms with Crippen molar-refractivity contribution in [1.29, 1.82) is 0 Å². The maximum absolute atomic E-state index is 11.7. The molecule has 20 heavy (non-hydrogen) atoms. The van der Waals surface area contributed by atoms with E-state index in [0.717, 1.165) is 29.9 Å². The van der Waals surface area contributed by atoms with E-state index >= 15 is 0 Å². The van der Waals surface area contributed by atoms with E-state index in [2.05, 4.69) is 10.3 Å². The number of imidazole rings is 1. The number of pyridine rings is 1. The average Bonchev–Trinajstić information content (AvgIpc) is 2.80. The molecule has 0 aromatic carbocycles. The van der Waals surface area contributed by atoms with E-state index in [1.807, 2.05) is 54.7 Å². The molecule has 0 fully saturated rings. The molecular formula is C15H22N4O. The zero-order valence-electron chi connectivity index (χ0n) is 12.4. The number of carbonyl (C=O) groups excluding carboxylic acids is 1. The van der Waals surface area contributed by atoms with Gasteiger partial charge in [0.25, 0.3) is 0 Å². The zero-order valence-corrected chi connectivity index (χ0v) is 12.4. The van der Waals surface area contributed by atoms with E-state index in [1.54, 1.807) is 0 Å². The molecule has 0 saturated carbocycles. The molecule has 0 aliphatic rings. The van der Waals surface area contributed by atoms with Crippen LogP contribution in [-0.4, -0.2) is 40.3 Å². The second kappa shape index (κ2) is 6.52. The number of nitrogens with zero attached hydrogens (tertiary/aromatic N) is 3. The highest BCUT2D eigenvalue weighted by Gasteiger charge is 2.09. The lowest BCUT2D eigenvalue weighted by Crippen LogP contribution is -2.35. The van der Waals surface area contributed by atoms with Crippen LogP contribution in [0.3, 0.4) is 0 Å². The first kappa shape index (κ1) is 14.5. The smallest absolute Gasteiger partial charge is 0.234 e. The number of aromatic nitrogens is 2. The number of fused-ring (bicyclic) bond motifs is 1. The molecule has 2 heterocycles. The Bertz CT molecular complexity index is 591. The van der Waals surface area contributed by atoms with Gasteiger partial charge in [-0.2, -0.15) is 0 Å². The van der Waals surface area contributed by atoms with Gasteiger partial charge in [0, 0.05) is 25.5 Å². The Balaban J connectivity index is 1.97. The quantitative estimate of drug-likeness (QED) is 0.870. The molecule has 2 rings (SSSR count). The van der Waals surface area contributed by atoms with Gasteiger partial charge >= 0.3 is 0 Å². The van der Waals surface area contributed by atoms with Crippen molar-refractivity contribution >= 4 is 11.6 Å². The fraction of sp³-hybridized carbons (Fsp3) is 0.467. The molecule has 0 aliphatic carbocycles. The summed E-state index contributed by atoms with van der Waals surface area (Å²) in [4.78, 5) is 18.2. The second-order valence-electron chi connectivity index (χ2n) is 5.18. The Morgan fingerprint density at radius 2 is 2.30 bits per heavy atom. The van der Waals surface area contributed by atoms with Gasteiger partial charge in [-0.15, -0.1) is 0 Å². The standard InChI is InChI=1S/C15H22N4O/c1-4-7-16-14(20)11-18(3)9-13-10-19-8-5-6-12(2)15(19)17-13/h5-6,8,10H,4,7,9,11H2,1-3H3,(H,16,20). The number of hydrogen-bond donors (Lipinski definition) is 1. The summed E-state index contributed by atoms with van der Waals surface area (Å²) < 4.78 is 2.02. The van der Waals surface area contributed by atoms with Crippen LogP contribution in [0, 0.1) is 6.92 Å². The van der Waals surface area contributed by atoms with Crippen molar-refractivity contribution in [2.75, 3.05) is 20.1 Å². The average molecular weight is 274 g/mol. The third-order valence-corrected chi connectivity index (χ3v) is 3.15. The first-order chi connectivity index (χ1) is 9.60. The highest BCUT2D eigenvalue weighted by Crippen LogP contribution is 2.10. The van der Waals surface area contributed by atoms with Crippen molar-refractivity contribution < 1.29 is 4.79 Å². The van der Waals surface area contributed by atoms with Crippen LogP contribution in [-0.2, 0) is 11.3 Å². The molecule has 108 valence electrons. The minimum Gasteiger partial charge on any atom is -0.355 e. The molecule has 2 aromatic heterocycles. The highest BCUT2D eigenvalue weighted by atomic mass is 16.2. The Hall–Kier alpha value is -1.88. The van der Waals surface area contributed by atoms with Gasteiger partial charge in [-0.05, 0) is 32.0 Å². The van der Waals surface area contributed by atoms with Crippen molar-refractivity contribution in [3.8, 4) is 0 Å². The zero-order chi connectivity index (χ0) is 14.5. The molecule has 2 aromatic rings. The van der Waals surface area contributed by atoms with Crippen LogP contribution in [0.5, 0.6) is 0 Å². The van der Waals surface area contributed by atoms with E-state index < -0.39 is 0 Å². The first-order valence-corrected chi connectivity index (χ1v) is 6.98. The van der Waals surface area contributed by atoms with Crippen molar-refractivity contribution in [2.24, 2.45) is 0 Å². The summed E-state index contributed by atoms with van der Waals surface area (Å²) >= 11 is 0. The predicted molar refractivity (Wildman–Crippen MR) is 79.6 cm³/mol. The van der Waals surface area contributed by atoms with Crippen molar-refractivity contribution in [1.82, 2.24) is 19.6 Å². The molecule has 0 aliphatic heterocycles. The Labute approximate surface area is 119 Å². The molecule has 0 radical (unpaired) electrons. The largest absolute Gasteiger partial charge is 0.355 e. The van der Waals surface area contributed by atoms with Crippen LogP contribution in [0.1, 0.15) is 24.6 Å². The second-order valence-corrected chi connectivity index (χ2v) is 5.18. The van der Waals surface area contributed by atoms with Gasteiger partial charge in [-0.3, -0.25) is 9.69 Å². The van der Waals surface area contributed by atoms with Gasteiger partial charge in [-0.1, -0.05) is 13.0 Å². The highest BCUT2D eigenvalue weighted by molar-refractivity contribution is 5.77. The summed E-state index contributed by atoms with van der Waals surface area (Å²) in [7, 11) is 1.93. The van der Waals surface area contributed by atoms with Crippen LogP contribution in [0.15, 0.2) is 24.5 Å². The van der Waals surface area contributed by atoms with Crippen molar-refractivity contribution in [3.63, 3.8) is 0 Å². The van der Waals surface area contributed by atoms with Crippen LogP contribution in [0.25, 0.3) is 5.65 Å². The van der Waals surface area contributed by atoms with E-state index in [1.165, 1.54) is 0 Å². The van der Waals surface area contributed by atoms with E-state index in [4.69, 9.17) is 0 Å². The van der Waals surface area contributed by atoms with E-state index in [0.29, 0.717) is 13.1 Å². The van der Waals surface area contributed by atoms with Crippen LogP contribution in [0.4, 0.5) is 0 Å². The lowest BCUT2D eigenvalue weighted by molar-refractivity contribution is -0.122. The Morgan fingerprint density at radius 1 is 1.50 bits per heavy atom. The number of carbonyl (C=O) groups is 1. The fourth-order valence-corrected chi connectivity index (χ4v) is 2.18. The predicted octanol–water partition coefficient (Wildman–Crippen LogP) is 1.60. The van der Waals surface area contributed by atoms with Gasteiger partial charge in [0.05, 0.1) is 12.2 Å². The molecule has 0 spiro atoms. The maximum atomic E-state index is 11.7. The summed E-state index contributed by atoms with van der Waals surface area (Å²) in [6.07, 6.45) is 4.97. The topological polar surface area (TPSA) is 49.6 Å². The molecule has 0 bridgehead atoms. The molecule has 5 heteroatoms. The molecular weight excluding hydrogens is 252 g/mol. The van der Waals surface area contributed by atoms with Gasteiger partial charge in [-0.25, -0.2) is 4.98 Å². The van der Waals surface area contributed by atoms with Gasteiger partial charge in [0.15, 0.2) is 0 Å². The lowest BCUT2D eigenvalue weighted by atomic mass is 10.3. The summed E-state index contributed by atoms with van der Waals surface area (Å²) in [5.41, 5.74) is 3.11. The lowest BCUT2D eigenvalue weighted by Gasteiger charge is -2.14. The number of hydrogen-bond acceptors (Lipinski definition) is 3. The Kier molecular flexibility index (Phi) is 4.74. The number of nitrogens with one attached hydrogen (secondary N) is 1. The monoisotopic (exact) mass is 274 g/mol. The summed E-state index contributed by atoms with van der Waals surface area (Å²) in [6, 6.07) is 4.06. The number of aryl methyl sites for hydroxylation is 1. The fourth-order valence-electron chi connectivity index (χ4n) is 2.18. The summed E-state index contributed by atoms with van der Waals surface area (Å²) in [6.45, 7) is 5.89. The number of likely N-dealkylation sites (N-methyl/N-ethyl adjacent to an activating group) is 1. The minimum absolute atomic E-state index is 0.0642. The third kappa shape index (κ3) is 3.57. The molecule has 1 N–H and O–H groups in total. The first-order valence-electron chi connectivity index (χ1n) is 6.98. The van der Waals surface area contributed by atoms with E-state index in [-0.39, 0.29) is 5.91 Å². The van der Waals surface area contributed by atoms with Crippen molar-refractivity contribution in [3.05, 3.63) is 35.8 Å². The van der Waals surface area contributed by atoms with Crippen LogP contribution in [0.2, 0.25) is 0 Å². The van der Waals surface area contributed by atoms with E-state index in [9.17, 15) is 4.79 Å². The summed E-state index contributed by atoms with van der Waals surface area (Å²) in [5, 5.41) is 2.88. The van der Waals surface area contributed by atoms with Gasteiger partial charge in [0.2, 0.25) is 5.91 Å². The van der Waals surface area contributed by atoms with Gasteiger partial charge in [0.1, 0.15) is 5.65 Å². The SMILES string of the molecule is CCCNC(=O)CN(C)Cc1cn2cccc(C)c2n1. The normalized spacial score (nSPS) is 11.2. The van der Waals surface area contributed by atoms with Crippen LogP contribution >= 0.6 is 0 Å².